The Morgan fingerprint density at radius 3 is 3.19 bits per heavy atom. The Bertz CT molecular complexity index is 403. The molecular formula is C12H15NO3. The maximum Gasteiger partial charge on any atom is 0.314 e. The first-order valence-electron chi connectivity index (χ1n) is 5.41. The second-order valence-corrected chi connectivity index (χ2v) is 3.82. The van der Waals surface area contributed by atoms with E-state index in [1.165, 1.54) is 0 Å². The van der Waals surface area contributed by atoms with Gasteiger partial charge in [0.1, 0.15) is 5.75 Å². The van der Waals surface area contributed by atoms with Crippen molar-refractivity contribution in [2.24, 2.45) is 0 Å². The molecule has 0 spiro atoms. The molecule has 0 fully saturated rings. The van der Waals surface area contributed by atoms with E-state index >= 15 is 0 Å². The highest BCUT2D eigenvalue weighted by molar-refractivity contribution is 5.79. The minimum atomic E-state index is -0.309. The van der Waals surface area contributed by atoms with Crippen molar-refractivity contribution in [2.45, 2.75) is 19.4 Å². The van der Waals surface area contributed by atoms with Gasteiger partial charge in [-0.25, -0.2) is 0 Å². The predicted octanol–water partition coefficient (Wildman–Crippen LogP) is 1.14. The van der Waals surface area contributed by atoms with E-state index in [1.54, 1.807) is 19.1 Å². The zero-order chi connectivity index (χ0) is 11.5. The van der Waals surface area contributed by atoms with Crippen molar-refractivity contribution in [3.05, 3.63) is 29.3 Å². The average molecular weight is 221 g/mol. The van der Waals surface area contributed by atoms with Crippen LogP contribution in [0.2, 0.25) is 0 Å². The van der Waals surface area contributed by atoms with Gasteiger partial charge in [-0.2, -0.15) is 0 Å². The van der Waals surface area contributed by atoms with Crippen LogP contribution in [0.5, 0.6) is 5.75 Å². The van der Waals surface area contributed by atoms with Gasteiger partial charge >= 0.3 is 5.97 Å². The average Bonchev–Trinajstić information content (AvgIpc) is 2.28. The largest absolute Gasteiger partial charge is 0.508 e. The molecule has 4 heteroatoms. The lowest BCUT2D eigenvalue weighted by molar-refractivity contribution is -0.145. The van der Waals surface area contributed by atoms with Gasteiger partial charge in [-0.15, -0.1) is 0 Å². The van der Waals surface area contributed by atoms with E-state index in [1.807, 2.05) is 6.07 Å². The SMILES string of the molecule is CCOC(=O)C1CNCc2ccc(O)cc21. The molecule has 0 radical (unpaired) electrons. The van der Waals surface area contributed by atoms with Gasteiger partial charge in [-0.1, -0.05) is 6.07 Å². The summed E-state index contributed by atoms with van der Waals surface area (Å²) >= 11 is 0. The van der Waals surface area contributed by atoms with Crippen molar-refractivity contribution in [2.75, 3.05) is 13.2 Å². The summed E-state index contributed by atoms with van der Waals surface area (Å²) in [4.78, 5) is 11.7. The summed E-state index contributed by atoms with van der Waals surface area (Å²) in [5, 5.41) is 12.6. The van der Waals surface area contributed by atoms with E-state index < -0.39 is 0 Å². The van der Waals surface area contributed by atoms with Gasteiger partial charge in [0, 0.05) is 13.1 Å². The summed E-state index contributed by atoms with van der Waals surface area (Å²) in [6.45, 7) is 3.46. The maximum absolute atomic E-state index is 11.7. The van der Waals surface area contributed by atoms with E-state index in [9.17, 15) is 9.90 Å². The van der Waals surface area contributed by atoms with Crippen LogP contribution in [0.3, 0.4) is 0 Å². The van der Waals surface area contributed by atoms with Gasteiger partial charge in [0.2, 0.25) is 0 Å². The Morgan fingerprint density at radius 2 is 2.44 bits per heavy atom. The quantitative estimate of drug-likeness (QED) is 0.735. The first kappa shape index (κ1) is 11.0. The molecule has 1 atom stereocenters. The fraction of sp³-hybridized carbons (Fsp3) is 0.417. The van der Waals surface area contributed by atoms with Crippen LogP contribution in [-0.4, -0.2) is 24.2 Å². The van der Waals surface area contributed by atoms with Crippen LogP contribution in [0.4, 0.5) is 0 Å². The van der Waals surface area contributed by atoms with Crippen LogP contribution in [0.1, 0.15) is 24.0 Å². The molecule has 2 rings (SSSR count). The molecule has 1 unspecified atom stereocenters. The summed E-state index contributed by atoms with van der Waals surface area (Å²) in [6.07, 6.45) is 0. The third-order valence-electron chi connectivity index (χ3n) is 2.74. The first-order chi connectivity index (χ1) is 7.72. The van der Waals surface area contributed by atoms with Crippen LogP contribution < -0.4 is 5.32 Å². The fourth-order valence-corrected chi connectivity index (χ4v) is 1.98. The molecule has 1 aromatic rings. The Morgan fingerprint density at radius 1 is 1.62 bits per heavy atom. The lowest BCUT2D eigenvalue weighted by atomic mass is 9.91. The van der Waals surface area contributed by atoms with Gasteiger partial charge in [0.15, 0.2) is 0 Å². The van der Waals surface area contributed by atoms with Crippen LogP contribution >= 0.6 is 0 Å². The van der Waals surface area contributed by atoms with Crippen LogP contribution in [0.25, 0.3) is 0 Å². The number of rotatable bonds is 2. The number of carbonyl (C=O) groups is 1. The minimum Gasteiger partial charge on any atom is -0.508 e. The molecule has 1 aliphatic heterocycles. The van der Waals surface area contributed by atoms with Gasteiger partial charge in [0.05, 0.1) is 12.5 Å². The molecule has 1 aliphatic rings. The number of nitrogens with one attached hydrogen (secondary N) is 1. The molecule has 0 amide bonds. The van der Waals surface area contributed by atoms with Crippen LogP contribution in [0, 0.1) is 0 Å². The lowest BCUT2D eigenvalue weighted by Crippen LogP contribution is -2.33. The second-order valence-electron chi connectivity index (χ2n) is 3.82. The molecule has 1 heterocycles. The van der Waals surface area contributed by atoms with Crippen LogP contribution in [0.15, 0.2) is 18.2 Å². The normalized spacial score (nSPS) is 18.9. The smallest absolute Gasteiger partial charge is 0.314 e. The second kappa shape index (κ2) is 4.53. The highest BCUT2D eigenvalue weighted by Crippen LogP contribution is 2.28. The van der Waals surface area contributed by atoms with Gasteiger partial charge in [-0.05, 0) is 30.2 Å². The molecule has 0 aliphatic carbocycles. The minimum absolute atomic E-state index is 0.190. The number of phenolic OH excluding ortho intramolecular Hbond substituents is 1. The summed E-state index contributed by atoms with van der Waals surface area (Å²) < 4.78 is 5.02. The molecule has 4 nitrogen and oxygen atoms in total. The number of carbonyl (C=O) groups excluding carboxylic acids is 1. The molecule has 0 bridgehead atoms. The molecule has 0 saturated heterocycles. The standard InChI is InChI=1S/C12H15NO3/c1-2-16-12(15)11-7-13-6-8-3-4-9(14)5-10(8)11/h3-5,11,13-14H,2,6-7H2,1H3. The summed E-state index contributed by atoms with van der Waals surface area (Å²) in [5.74, 6) is -0.354. The van der Waals surface area contributed by atoms with E-state index in [-0.39, 0.29) is 17.6 Å². The van der Waals surface area contributed by atoms with Crippen molar-refractivity contribution in [3.8, 4) is 5.75 Å². The van der Waals surface area contributed by atoms with E-state index in [0.29, 0.717) is 13.2 Å². The number of hydrogen-bond donors (Lipinski definition) is 2. The van der Waals surface area contributed by atoms with Gasteiger partial charge in [-0.3, -0.25) is 4.79 Å². The zero-order valence-corrected chi connectivity index (χ0v) is 9.19. The lowest BCUT2D eigenvalue weighted by Gasteiger charge is -2.24. The molecule has 16 heavy (non-hydrogen) atoms. The predicted molar refractivity (Wildman–Crippen MR) is 59.2 cm³/mol. The summed E-state index contributed by atoms with van der Waals surface area (Å²) in [6, 6.07) is 5.12. The topological polar surface area (TPSA) is 58.6 Å². The van der Waals surface area contributed by atoms with E-state index in [2.05, 4.69) is 5.32 Å². The monoisotopic (exact) mass is 221 g/mol. The Labute approximate surface area is 94.2 Å². The highest BCUT2D eigenvalue weighted by Gasteiger charge is 2.27. The Kier molecular flexibility index (Phi) is 3.10. The number of benzene rings is 1. The van der Waals surface area contributed by atoms with E-state index in [0.717, 1.165) is 17.7 Å². The molecule has 0 aromatic heterocycles. The van der Waals surface area contributed by atoms with Crippen molar-refractivity contribution in [1.29, 1.82) is 0 Å². The van der Waals surface area contributed by atoms with E-state index in [4.69, 9.17) is 4.74 Å². The first-order valence-corrected chi connectivity index (χ1v) is 5.41. The Balaban J connectivity index is 2.31. The van der Waals surface area contributed by atoms with Crippen molar-refractivity contribution >= 4 is 5.97 Å². The number of fused-ring (bicyclic) bond motifs is 1. The van der Waals surface area contributed by atoms with Gasteiger partial charge < -0.3 is 15.2 Å². The third-order valence-corrected chi connectivity index (χ3v) is 2.74. The number of hydrogen-bond acceptors (Lipinski definition) is 4. The maximum atomic E-state index is 11.7. The van der Waals surface area contributed by atoms with Gasteiger partial charge in [0.25, 0.3) is 0 Å². The molecule has 1 aromatic carbocycles. The molecule has 86 valence electrons. The third kappa shape index (κ3) is 2.02. The zero-order valence-electron chi connectivity index (χ0n) is 9.19. The Hall–Kier alpha value is -1.55. The van der Waals surface area contributed by atoms with Crippen molar-refractivity contribution < 1.29 is 14.6 Å². The molecule has 0 saturated carbocycles. The fourth-order valence-electron chi connectivity index (χ4n) is 1.98. The number of phenols is 1. The van der Waals surface area contributed by atoms with Crippen molar-refractivity contribution in [1.82, 2.24) is 5.32 Å². The van der Waals surface area contributed by atoms with Crippen LogP contribution in [-0.2, 0) is 16.1 Å². The molecular weight excluding hydrogens is 206 g/mol. The number of aromatic hydroxyl groups is 1. The number of ether oxygens (including phenoxy) is 1. The van der Waals surface area contributed by atoms with Crippen molar-refractivity contribution in [3.63, 3.8) is 0 Å². The number of esters is 1. The highest BCUT2D eigenvalue weighted by atomic mass is 16.5. The summed E-state index contributed by atoms with van der Waals surface area (Å²) in [5.41, 5.74) is 1.92. The summed E-state index contributed by atoms with van der Waals surface area (Å²) in [7, 11) is 0. The molecule has 2 N–H and O–H groups in total.